The number of nitrogens with zero attached hydrogens (tertiary/aromatic N) is 2. The van der Waals surface area contributed by atoms with E-state index in [0.717, 1.165) is 26.6 Å². The Kier molecular flexibility index (Phi) is 4.33. The third kappa shape index (κ3) is 3.55. The highest BCUT2D eigenvalue weighted by Crippen LogP contribution is 2.35. The van der Waals surface area contributed by atoms with Crippen LogP contribution in [-0.4, -0.2) is 17.2 Å². The molecule has 7 nitrogen and oxygen atoms in total. The largest absolute Gasteiger partial charge is 0.573 e. The normalized spacial score (nSPS) is 13.8. The van der Waals surface area contributed by atoms with Crippen LogP contribution in [0.25, 0.3) is 21.0 Å². The highest BCUT2D eigenvalue weighted by molar-refractivity contribution is 7.18. The number of amidine groups is 1. The number of anilines is 2. The smallest absolute Gasteiger partial charge is 0.406 e. The number of ether oxygens (including phenoxy) is 1. The van der Waals surface area contributed by atoms with Crippen LogP contribution in [0.15, 0.2) is 59.0 Å². The Morgan fingerprint density at radius 3 is 2.57 bits per heavy atom. The maximum Gasteiger partial charge on any atom is 0.573 e. The first-order valence-corrected chi connectivity index (χ1v) is 9.62. The lowest BCUT2D eigenvalue weighted by molar-refractivity contribution is -0.274. The molecule has 11 heteroatoms. The molecule has 3 heterocycles. The molecule has 4 N–H and O–H groups in total. The molecular weight excluding hydrogens is 417 g/mol. The first kappa shape index (κ1) is 18.5. The number of aromatic nitrogens is 1. The number of hydrazone groups is 1. The van der Waals surface area contributed by atoms with Crippen LogP contribution >= 0.6 is 11.3 Å². The lowest BCUT2D eigenvalue weighted by Gasteiger charge is -2.12. The fourth-order valence-electron chi connectivity index (χ4n) is 3.16. The van der Waals surface area contributed by atoms with Crippen LogP contribution in [0.4, 0.5) is 24.7 Å². The minimum atomic E-state index is -4.72. The van der Waals surface area contributed by atoms with Gasteiger partial charge in [0.25, 0.3) is 0 Å². The molecule has 0 saturated heterocycles. The molecule has 30 heavy (non-hydrogen) atoms. The van der Waals surface area contributed by atoms with Crippen molar-refractivity contribution < 1.29 is 17.9 Å². The summed E-state index contributed by atoms with van der Waals surface area (Å²) in [7, 11) is 0. The topological polar surface area (TPSA) is 82.6 Å². The summed E-state index contributed by atoms with van der Waals surface area (Å²) >= 11 is 1.59. The van der Waals surface area contributed by atoms with Crippen LogP contribution in [0.5, 0.6) is 5.75 Å². The zero-order chi connectivity index (χ0) is 20.7. The van der Waals surface area contributed by atoms with E-state index in [2.05, 4.69) is 31.7 Å². The van der Waals surface area contributed by atoms with E-state index < -0.39 is 6.36 Å². The molecule has 0 bridgehead atoms. The van der Waals surface area contributed by atoms with Gasteiger partial charge in [0.2, 0.25) is 0 Å². The van der Waals surface area contributed by atoms with Crippen LogP contribution in [0.2, 0.25) is 0 Å². The molecule has 0 amide bonds. The number of rotatable bonds is 4. The second kappa shape index (κ2) is 7.04. The minimum Gasteiger partial charge on any atom is -0.406 e. The van der Waals surface area contributed by atoms with E-state index in [1.165, 1.54) is 24.3 Å². The van der Waals surface area contributed by atoms with E-state index in [4.69, 9.17) is 4.98 Å². The van der Waals surface area contributed by atoms with Gasteiger partial charge in [0, 0.05) is 26.7 Å². The number of fused-ring (bicyclic) bond motifs is 3. The lowest BCUT2D eigenvalue weighted by Crippen LogP contribution is -2.35. The molecule has 0 radical (unpaired) electrons. The second-order valence-electron chi connectivity index (χ2n) is 6.38. The third-order valence-corrected chi connectivity index (χ3v) is 5.37. The van der Waals surface area contributed by atoms with Gasteiger partial charge in [-0.1, -0.05) is 12.1 Å². The number of alkyl halides is 3. The van der Waals surface area contributed by atoms with Gasteiger partial charge >= 0.3 is 6.36 Å². The second-order valence-corrected chi connectivity index (χ2v) is 7.29. The molecule has 5 rings (SSSR count). The quantitative estimate of drug-likeness (QED) is 0.385. The van der Waals surface area contributed by atoms with Crippen molar-refractivity contribution in [2.45, 2.75) is 6.36 Å². The molecule has 152 valence electrons. The van der Waals surface area contributed by atoms with E-state index in [1.54, 1.807) is 11.3 Å². The average molecular weight is 430 g/mol. The van der Waals surface area contributed by atoms with Crippen LogP contribution < -0.4 is 26.5 Å². The molecule has 0 aliphatic carbocycles. The fraction of sp³-hybridized carbons (Fsp3) is 0.0526. The number of hydrogen-bond acceptors (Lipinski definition) is 8. The summed E-state index contributed by atoms with van der Waals surface area (Å²) in [5.41, 5.74) is 10.4. The van der Waals surface area contributed by atoms with Crippen LogP contribution in [0.1, 0.15) is 5.56 Å². The van der Waals surface area contributed by atoms with Crippen LogP contribution in [0.3, 0.4) is 0 Å². The number of thiophene rings is 1. The van der Waals surface area contributed by atoms with Crippen molar-refractivity contribution in [2.75, 3.05) is 5.32 Å². The number of benzene rings is 2. The van der Waals surface area contributed by atoms with Gasteiger partial charge in [-0.05, 0) is 41.8 Å². The van der Waals surface area contributed by atoms with Gasteiger partial charge in [-0.15, -0.1) is 35.1 Å². The van der Waals surface area contributed by atoms with Crippen molar-refractivity contribution in [1.82, 2.24) is 21.5 Å². The molecule has 1 aliphatic rings. The first-order chi connectivity index (χ1) is 14.5. The molecule has 1 aliphatic heterocycles. The highest BCUT2D eigenvalue weighted by Gasteiger charge is 2.31. The molecule has 0 spiro atoms. The third-order valence-electron chi connectivity index (χ3n) is 4.42. The maximum absolute atomic E-state index is 12.4. The van der Waals surface area contributed by atoms with Crippen LogP contribution in [-0.2, 0) is 0 Å². The lowest BCUT2D eigenvalue weighted by atomic mass is 10.1. The predicted molar refractivity (Wildman–Crippen MR) is 109 cm³/mol. The summed E-state index contributed by atoms with van der Waals surface area (Å²) in [4.78, 5) is 4.75. The van der Waals surface area contributed by atoms with E-state index in [9.17, 15) is 13.2 Å². The maximum atomic E-state index is 12.4. The SMILES string of the molecule is FC(F)(F)Oc1ccc(Nc2nc3cc(C4=NNNN4)ccc3c3sccc23)cc1. The Morgan fingerprint density at radius 1 is 1.00 bits per heavy atom. The van der Waals surface area contributed by atoms with E-state index in [-0.39, 0.29) is 5.75 Å². The Bertz CT molecular complexity index is 1270. The number of hydrazine groups is 2. The monoisotopic (exact) mass is 430 g/mol. The van der Waals surface area contributed by atoms with E-state index in [1.807, 2.05) is 29.6 Å². The van der Waals surface area contributed by atoms with Crippen LogP contribution in [0, 0.1) is 0 Å². The number of halogens is 3. The average Bonchev–Trinajstić information content (AvgIpc) is 3.40. The van der Waals surface area contributed by atoms with Gasteiger partial charge in [-0.2, -0.15) is 0 Å². The van der Waals surface area contributed by atoms with Crippen molar-refractivity contribution in [3.8, 4) is 5.75 Å². The van der Waals surface area contributed by atoms with Gasteiger partial charge in [0.1, 0.15) is 11.6 Å². The molecule has 0 fully saturated rings. The molecular formula is C19H13F3N6OS. The van der Waals surface area contributed by atoms with Gasteiger partial charge in [-0.3, -0.25) is 5.43 Å². The fourth-order valence-corrected chi connectivity index (χ4v) is 4.09. The zero-order valence-electron chi connectivity index (χ0n) is 15.0. The van der Waals surface area contributed by atoms with Crippen molar-refractivity contribution in [3.05, 3.63) is 59.5 Å². The summed E-state index contributed by atoms with van der Waals surface area (Å²) in [6.07, 6.45) is -4.72. The zero-order valence-corrected chi connectivity index (χ0v) is 15.9. The predicted octanol–water partition coefficient (Wildman–Crippen LogP) is 4.37. The Balaban J connectivity index is 1.52. The van der Waals surface area contributed by atoms with Crippen molar-refractivity contribution >= 4 is 49.7 Å². The summed E-state index contributed by atoms with van der Waals surface area (Å²) in [5.74, 6) is 0.967. The summed E-state index contributed by atoms with van der Waals surface area (Å²) < 4.78 is 42.0. The van der Waals surface area contributed by atoms with Crippen molar-refractivity contribution in [2.24, 2.45) is 5.10 Å². The molecule has 0 atom stereocenters. The molecule has 4 aromatic rings. The summed E-state index contributed by atoms with van der Waals surface area (Å²) in [6.45, 7) is 0. The number of hydrogen-bond donors (Lipinski definition) is 4. The van der Waals surface area contributed by atoms with E-state index in [0.29, 0.717) is 17.3 Å². The summed E-state index contributed by atoms with van der Waals surface area (Å²) in [5, 5.41) is 11.2. The van der Waals surface area contributed by atoms with E-state index >= 15 is 0 Å². The van der Waals surface area contributed by atoms with Gasteiger partial charge in [-0.25, -0.2) is 10.5 Å². The number of nitrogens with one attached hydrogen (secondary N) is 4. The molecule has 2 aromatic carbocycles. The molecule has 2 aromatic heterocycles. The summed E-state index contributed by atoms with van der Waals surface area (Å²) in [6, 6.07) is 13.3. The Labute approximate surface area is 171 Å². The number of pyridine rings is 1. The van der Waals surface area contributed by atoms with Gasteiger partial charge in [0.15, 0.2) is 5.84 Å². The molecule has 0 unspecified atom stereocenters. The van der Waals surface area contributed by atoms with Crippen molar-refractivity contribution in [3.63, 3.8) is 0 Å². The van der Waals surface area contributed by atoms with Crippen molar-refractivity contribution in [1.29, 1.82) is 0 Å². The van der Waals surface area contributed by atoms with Gasteiger partial charge < -0.3 is 10.1 Å². The minimum absolute atomic E-state index is 0.281. The Hall–Kier alpha value is -3.57. The standard InChI is InChI=1S/C19H13F3N6OS/c20-19(21,22)29-12-4-2-11(3-5-12)23-18-14-7-8-30-16(14)13-6-1-10(9-15(13)24-18)17-25-27-28-26-17/h1-9,27-28H,(H,23,24)(H,25,26). The first-order valence-electron chi connectivity index (χ1n) is 8.74. The Morgan fingerprint density at radius 2 is 1.83 bits per heavy atom. The highest BCUT2D eigenvalue weighted by atomic mass is 32.1. The molecule has 0 saturated carbocycles. The van der Waals surface area contributed by atoms with Gasteiger partial charge in [0.05, 0.1) is 5.52 Å².